The van der Waals surface area contributed by atoms with Gasteiger partial charge in [-0.1, -0.05) is 17.7 Å². The van der Waals surface area contributed by atoms with Crippen LogP contribution in [0.2, 0.25) is 5.02 Å². The van der Waals surface area contributed by atoms with Crippen molar-refractivity contribution < 1.29 is 22.3 Å². The molecule has 0 atom stereocenters. The zero-order chi connectivity index (χ0) is 22.9. The van der Waals surface area contributed by atoms with E-state index in [2.05, 4.69) is 4.98 Å². The summed E-state index contributed by atoms with van der Waals surface area (Å²) in [6.07, 6.45) is 0. The normalized spacial score (nSPS) is 15.1. The summed E-state index contributed by atoms with van der Waals surface area (Å²) >= 11 is 7.19. The van der Waals surface area contributed by atoms with Gasteiger partial charge in [0, 0.05) is 43.2 Å². The minimum Gasteiger partial charge on any atom is -0.497 e. The van der Waals surface area contributed by atoms with Crippen molar-refractivity contribution in [1.82, 2.24) is 9.29 Å². The van der Waals surface area contributed by atoms with E-state index < -0.39 is 15.8 Å². The number of anilines is 1. The van der Waals surface area contributed by atoms with Crippen LogP contribution in [0.3, 0.4) is 0 Å². The monoisotopic (exact) mass is 497 g/mol. The third-order valence-electron chi connectivity index (χ3n) is 5.21. The van der Waals surface area contributed by atoms with E-state index in [1.807, 2.05) is 10.3 Å². The average molecular weight is 498 g/mol. The SMILES string of the molecule is COc1ccc(OC)c(S(=O)(=O)N2CCN(c3nc(-c4ccc(Cl)c(F)c4)cs3)CC2)c1. The Morgan fingerprint density at radius 2 is 1.81 bits per heavy atom. The first-order valence-corrected chi connectivity index (χ1v) is 12.4. The van der Waals surface area contributed by atoms with Gasteiger partial charge < -0.3 is 14.4 Å². The van der Waals surface area contributed by atoms with Crippen LogP contribution < -0.4 is 14.4 Å². The second kappa shape index (κ2) is 9.22. The first kappa shape index (κ1) is 22.8. The van der Waals surface area contributed by atoms with Crippen molar-refractivity contribution in [1.29, 1.82) is 0 Å². The molecule has 2 aromatic carbocycles. The summed E-state index contributed by atoms with van der Waals surface area (Å²) in [5, 5.41) is 2.67. The molecule has 1 aliphatic rings. The lowest BCUT2D eigenvalue weighted by Gasteiger charge is -2.34. The van der Waals surface area contributed by atoms with Gasteiger partial charge in [0.15, 0.2) is 5.13 Å². The number of thiazole rings is 1. The summed E-state index contributed by atoms with van der Waals surface area (Å²) in [4.78, 5) is 6.70. The highest BCUT2D eigenvalue weighted by molar-refractivity contribution is 7.89. The third kappa shape index (κ3) is 4.40. The zero-order valence-corrected chi connectivity index (χ0v) is 19.8. The van der Waals surface area contributed by atoms with Crippen molar-refractivity contribution in [2.45, 2.75) is 4.90 Å². The molecule has 2 heterocycles. The van der Waals surface area contributed by atoms with Gasteiger partial charge in [-0.05, 0) is 24.3 Å². The maximum Gasteiger partial charge on any atom is 0.247 e. The van der Waals surface area contributed by atoms with Crippen molar-refractivity contribution in [3.63, 3.8) is 0 Å². The van der Waals surface area contributed by atoms with Gasteiger partial charge in [0.2, 0.25) is 10.0 Å². The smallest absolute Gasteiger partial charge is 0.247 e. The highest BCUT2D eigenvalue weighted by atomic mass is 35.5. The lowest BCUT2D eigenvalue weighted by molar-refractivity contribution is 0.370. The number of halogens is 2. The van der Waals surface area contributed by atoms with Gasteiger partial charge in [-0.25, -0.2) is 17.8 Å². The van der Waals surface area contributed by atoms with E-state index >= 15 is 0 Å². The number of methoxy groups -OCH3 is 2. The molecule has 0 aliphatic carbocycles. The Balaban J connectivity index is 1.49. The van der Waals surface area contributed by atoms with Gasteiger partial charge in [0.25, 0.3) is 0 Å². The quantitative estimate of drug-likeness (QED) is 0.510. The second-order valence-corrected chi connectivity index (χ2v) is 10.2. The molecule has 1 aliphatic heterocycles. The number of sulfonamides is 1. The fourth-order valence-corrected chi connectivity index (χ4v) is 6.04. The van der Waals surface area contributed by atoms with Crippen LogP contribution in [-0.2, 0) is 10.0 Å². The Kier molecular flexibility index (Phi) is 6.57. The Bertz CT molecular complexity index is 1230. The summed E-state index contributed by atoms with van der Waals surface area (Å²) in [5.41, 5.74) is 1.29. The molecule has 0 radical (unpaired) electrons. The van der Waals surface area contributed by atoms with Gasteiger partial charge in [-0.2, -0.15) is 4.31 Å². The van der Waals surface area contributed by atoms with Crippen LogP contribution in [0.5, 0.6) is 11.5 Å². The van der Waals surface area contributed by atoms with Crippen LogP contribution >= 0.6 is 22.9 Å². The maximum atomic E-state index is 13.8. The summed E-state index contributed by atoms with van der Waals surface area (Å²) in [7, 11) is -0.839. The summed E-state index contributed by atoms with van der Waals surface area (Å²) < 4.78 is 52.1. The average Bonchev–Trinajstić information content (AvgIpc) is 3.31. The Hall–Kier alpha value is -2.40. The number of benzene rings is 2. The van der Waals surface area contributed by atoms with Crippen molar-refractivity contribution in [2.75, 3.05) is 45.3 Å². The lowest BCUT2D eigenvalue weighted by atomic mass is 10.2. The summed E-state index contributed by atoms with van der Waals surface area (Å²) in [6, 6.07) is 9.28. The third-order valence-corrected chi connectivity index (χ3v) is 8.33. The minimum absolute atomic E-state index is 0.0641. The number of piperazine rings is 1. The predicted molar refractivity (Wildman–Crippen MR) is 123 cm³/mol. The van der Waals surface area contributed by atoms with E-state index in [0.29, 0.717) is 43.2 Å². The van der Waals surface area contributed by atoms with Crippen LogP contribution in [0.25, 0.3) is 11.3 Å². The standard InChI is InChI=1S/C21H21ClFN3O4S2/c1-29-15-4-6-19(30-2)20(12-15)32(27,28)26-9-7-25(8-10-26)21-24-18(13-31-21)14-3-5-16(22)17(23)11-14/h3-6,11-13H,7-10H2,1-2H3. The molecule has 32 heavy (non-hydrogen) atoms. The molecule has 0 saturated carbocycles. The van der Waals surface area contributed by atoms with Crippen LogP contribution in [0.4, 0.5) is 9.52 Å². The summed E-state index contributed by atoms with van der Waals surface area (Å²) in [5.74, 6) is 0.218. The molecule has 1 fully saturated rings. The van der Waals surface area contributed by atoms with Crippen molar-refractivity contribution in [2.24, 2.45) is 0 Å². The number of ether oxygens (including phenoxy) is 2. The highest BCUT2D eigenvalue weighted by Gasteiger charge is 2.32. The predicted octanol–water partition coefficient (Wildman–Crippen LogP) is 4.13. The maximum absolute atomic E-state index is 13.8. The van der Waals surface area contributed by atoms with E-state index in [1.165, 1.54) is 48.1 Å². The molecule has 4 rings (SSSR count). The van der Waals surface area contributed by atoms with Gasteiger partial charge in [0.05, 0.1) is 24.9 Å². The van der Waals surface area contributed by atoms with Crippen LogP contribution in [0.15, 0.2) is 46.7 Å². The van der Waals surface area contributed by atoms with Crippen LogP contribution in [0, 0.1) is 5.82 Å². The molecule has 3 aromatic rings. The molecule has 1 saturated heterocycles. The molecule has 0 N–H and O–H groups in total. The second-order valence-electron chi connectivity index (χ2n) is 7.05. The molecule has 7 nitrogen and oxygen atoms in total. The summed E-state index contributed by atoms with van der Waals surface area (Å²) in [6.45, 7) is 1.56. The fourth-order valence-electron chi connectivity index (χ4n) is 3.44. The molecule has 11 heteroatoms. The molecule has 0 unspecified atom stereocenters. The van der Waals surface area contributed by atoms with Gasteiger partial charge in [0.1, 0.15) is 22.2 Å². The Labute approximate surface area is 195 Å². The van der Waals surface area contributed by atoms with Gasteiger partial charge >= 0.3 is 0 Å². The fraction of sp³-hybridized carbons (Fsp3) is 0.286. The van der Waals surface area contributed by atoms with Gasteiger partial charge in [-0.15, -0.1) is 11.3 Å². The Morgan fingerprint density at radius 3 is 2.47 bits per heavy atom. The van der Waals surface area contributed by atoms with E-state index in [0.717, 1.165) is 5.13 Å². The zero-order valence-electron chi connectivity index (χ0n) is 17.4. The van der Waals surface area contributed by atoms with E-state index in [4.69, 9.17) is 21.1 Å². The molecule has 1 aromatic heterocycles. The van der Waals surface area contributed by atoms with Crippen molar-refractivity contribution >= 4 is 38.1 Å². The molecular weight excluding hydrogens is 477 g/mol. The van der Waals surface area contributed by atoms with Crippen molar-refractivity contribution in [3.8, 4) is 22.8 Å². The van der Waals surface area contributed by atoms with Gasteiger partial charge in [-0.3, -0.25) is 0 Å². The van der Waals surface area contributed by atoms with Crippen molar-refractivity contribution in [3.05, 3.63) is 52.6 Å². The first-order chi connectivity index (χ1) is 15.3. The molecule has 0 bridgehead atoms. The Morgan fingerprint density at radius 1 is 1.06 bits per heavy atom. The van der Waals surface area contributed by atoms with E-state index in [-0.39, 0.29) is 15.7 Å². The molecule has 0 amide bonds. The number of rotatable bonds is 6. The number of nitrogens with zero attached hydrogens (tertiary/aromatic N) is 3. The molecular formula is C21H21ClFN3O4S2. The van der Waals surface area contributed by atoms with E-state index in [9.17, 15) is 12.8 Å². The topological polar surface area (TPSA) is 72.0 Å². The molecule has 0 spiro atoms. The number of hydrogen-bond acceptors (Lipinski definition) is 7. The van der Waals surface area contributed by atoms with E-state index in [1.54, 1.807) is 18.2 Å². The molecule has 170 valence electrons. The lowest BCUT2D eigenvalue weighted by Crippen LogP contribution is -2.48. The highest BCUT2D eigenvalue weighted by Crippen LogP contribution is 2.33. The van der Waals surface area contributed by atoms with Crippen LogP contribution in [-0.4, -0.2) is 58.1 Å². The largest absolute Gasteiger partial charge is 0.497 e. The first-order valence-electron chi connectivity index (χ1n) is 9.71. The minimum atomic E-state index is -3.76. The van der Waals surface area contributed by atoms with Crippen LogP contribution in [0.1, 0.15) is 0 Å². The number of aromatic nitrogens is 1. The number of hydrogen-bond donors (Lipinski definition) is 0.